The van der Waals surface area contributed by atoms with E-state index in [2.05, 4.69) is 0 Å². The summed E-state index contributed by atoms with van der Waals surface area (Å²) in [5.74, 6) is 0.797. The van der Waals surface area contributed by atoms with Gasteiger partial charge in [0.25, 0.3) is 11.8 Å². The van der Waals surface area contributed by atoms with E-state index >= 15 is 0 Å². The van der Waals surface area contributed by atoms with Crippen LogP contribution < -0.4 is 9.47 Å². The van der Waals surface area contributed by atoms with Crippen LogP contribution in [-0.2, 0) is 0 Å². The Morgan fingerprint density at radius 3 is 1.96 bits per heavy atom. The molecule has 1 aliphatic rings. The number of fused-ring (bicyclic) bond motifs is 1. The fourth-order valence-corrected chi connectivity index (χ4v) is 3.33. The van der Waals surface area contributed by atoms with E-state index in [1.807, 2.05) is 39.0 Å². The lowest BCUT2D eigenvalue weighted by molar-refractivity contribution is 0.0577. The second kappa shape index (κ2) is 7.60. The van der Waals surface area contributed by atoms with E-state index in [1.54, 1.807) is 24.3 Å². The van der Waals surface area contributed by atoms with Gasteiger partial charge in [-0.15, -0.1) is 0 Å². The van der Waals surface area contributed by atoms with Crippen LogP contribution in [0.1, 0.15) is 59.5 Å². The fourth-order valence-electron chi connectivity index (χ4n) is 3.33. The number of nitrogens with zero attached hydrogens (tertiary/aromatic N) is 1. The van der Waals surface area contributed by atoms with E-state index in [0.717, 1.165) is 5.56 Å². The van der Waals surface area contributed by atoms with E-state index < -0.39 is 0 Å². The fraction of sp³-hybridized carbons (Fsp3) is 0.333. The lowest BCUT2D eigenvalue weighted by Gasteiger charge is -2.26. The molecular formula is C21H23NO4. The van der Waals surface area contributed by atoms with E-state index in [-0.39, 0.29) is 17.9 Å². The molecule has 2 amide bonds. The van der Waals surface area contributed by atoms with E-state index in [1.165, 1.54) is 4.90 Å². The van der Waals surface area contributed by atoms with Crippen molar-refractivity contribution >= 4 is 11.8 Å². The predicted molar refractivity (Wildman–Crippen MR) is 98.8 cm³/mol. The van der Waals surface area contributed by atoms with Gasteiger partial charge in [-0.1, -0.05) is 25.1 Å². The van der Waals surface area contributed by atoms with Crippen molar-refractivity contribution in [1.29, 1.82) is 0 Å². The van der Waals surface area contributed by atoms with Crippen molar-refractivity contribution in [2.75, 3.05) is 13.2 Å². The van der Waals surface area contributed by atoms with Gasteiger partial charge in [0.05, 0.1) is 30.4 Å². The molecule has 0 fully saturated rings. The minimum Gasteiger partial charge on any atom is -0.490 e. The van der Waals surface area contributed by atoms with Crippen LogP contribution in [-0.4, -0.2) is 29.9 Å². The Hall–Kier alpha value is -2.82. The van der Waals surface area contributed by atoms with Gasteiger partial charge in [0, 0.05) is 0 Å². The second-order valence-corrected chi connectivity index (χ2v) is 6.02. The molecule has 5 nitrogen and oxygen atoms in total. The van der Waals surface area contributed by atoms with Crippen LogP contribution in [0.5, 0.6) is 11.5 Å². The maximum atomic E-state index is 12.8. The summed E-state index contributed by atoms with van der Waals surface area (Å²) in [6.45, 7) is 6.83. The average Bonchev–Trinajstić information content (AvgIpc) is 2.90. The quantitative estimate of drug-likeness (QED) is 0.699. The van der Waals surface area contributed by atoms with Crippen LogP contribution in [0.4, 0.5) is 0 Å². The summed E-state index contributed by atoms with van der Waals surface area (Å²) in [5.41, 5.74) is 1.78. The zero-order chi connectivity index (χ0) is 18.7. The van der Waals surface area contributed by atoms with E-state index in [4.69, 9.17) is 9.47 Å². The molecule has 0 N–H and O–H groups in total. The van der Waals surface area contributed by atoms with Crippen LogP contribution in [0.3, 0.4) is 0 Å². The normalized spacial score (nSPS) is 14.3. The molecule has 0 saturated heterocycles. The first-order chi connectivity index (χ1) is 12.6. The third kappa shape index (κ3) is 3.05. The number of ether oxygens (including phenoxy) is 2. The van der Waals surface area contributed by atoms with Crippen molar-refractivity contribution in [2.24, 2.45) is 0 Å². The smallest absolute Gasteiger partial charge is 0.262 e. The first-order valence-corrected chi connectivity index (χ1v) is 8.98. The Labute approximate surface area is 153 Å². The maximum absolute atomic E-state index is 12.8. The lowest BCUT2D eigenvalue weighted by Crippen LogP contribution is -2.33. The summed E-state index contributed by atoms with van der Waals surface area (Å²) >= 11 is 0. The molecule has 2 aromatic rings. The van der Waals surface area contributed by atoms with Crippen LogP contribution >= 0.6 is 0 Å². The van der Waals surface area contributed by atoms with Gasteiger partial charge >= 0.3 is 0 Å². The van der Waals surface area contributed by atoms with Gasteiger partial charge in [-0.05, 0) is 50.1 Å². The highest BCUT2D eigenvalue weighted by atomic mass is 16.5. The summed E-state index contributed by atoms with van der Waals surface area (Å²) < 4.78 is 11.3. The van der Waals surface area contributed by atoms with Crippen LogP contribution in [0.15, 0.2) is 42.5 Å². The van der Waals surface area contributed by atoms with Crippen molar-refractivity contribution in [3.63, 3.8) is 0 Å². The zero-order valence-electron chi connectivity index (χ0n) is 15.3. The molecule has 26 heavy (non-hydrogen) atoms. The van der Waals surface area contributed by atoms with Gasteiger partial charge in [-0.2, -0.15) is 0 Å². The van der Waals surface area contributed by atoms with Gasteiger partial charge in [0.2, 0.25) is 0 Å². The van der Waals surface area contributed by atoms with Gasteiger partial charge in [-0.25, -0.2) is 0 Å². The highest BCUT2D eigenvalue weighted by Crippen LogP contribution is 2.37. The van der Waals surface area contributed by atoms with Crippen molar-refractivity contribution in [2.45, 2.75) is 33.2 Å². The summed E-state index contributed by atoms with van der Waals surface area (Å²) in [6, 6.07) is 12.2. The first-order valence-electron chi connectivity index (χ1n) is 8.98. The van der Waals surface area contributed by atoms with Crippen molar-refractivity contribution in [3.05, 3.63) is 59.2 Å². The lowest BCUT2D eigenvalue weighted by atomic mass is 10.0. The molecule has 0 aromatic heterocycles. The number of carbonyl (C=O) groups excluding carboxylic acids is 2. The Kier molecular flexibility index (Phi) is 5.26. The summed E-state index contributed by atoms with van der Waals surface area (Å²) in [6.07, 6.45) is 0.616. The molecule has 136 valence electrons. The number of amides is 2. The molecule has 0 aliphatic carbocycles. The minimum atomic E-state index is -0.350. The van der Waals surface area contributed by atoms with Gasteiger partial charge in [0.1, 0.15) is 0 Å². The Bertz CT molecular complexity index is 796. The van der Waals surface area contributed by atoms with Gasteiger partial charge in [-0.3, -0.25) is 14.5 Å². The largest absolute Gasteiger partial charge is 0.490 e. The Morgan fingerprint density at radius 1 is 0.846 bits per heavy atom. The molecule has 1 atom stereocenters. The molecule has 1 unspecified atom stereocenters. The zero-order valence-corrected chi connectivity index (χ0v) is 15.3. The number of carbonyl (C=O) groups is 2. The number of rotatable bonds is 7. The second-order valence-electron chi connectivity index (χ2n) is 6.02. The molecule has 0 spiro atoms. The number of hydrogen-bond acceptors (Lipinski definition) is 4. The average molecular weight is 353 g/mol. The Morgan fingerprint density at radius 2 is 1.42 bits per heavy atom. The predicted octanol–water partition coefficient (Wildman–Crippen LogP) is 4.23. The number of hydrogen-bond donors (Lipinski definition) is 0. The van der Waals surface area contributed by atoms with Gasteiger partial charge < -0.3 is 9.47 Å². The van der Waals surface area contributed by atoms with Crippen molar-refractivity contribution < 1.29 is 19.1 Å². The number of benzene rings is 2. The molecule has 0 bridgehead atoms. The molecule has 5 heteroatoms. The molecule has 1 heterocycles. The summed E-state index contributed by atoms with van der Waals surface area (Å²) in [4.78, 5) is 27.0. The standard InChI is InChI=1S/C21H23NO4/c1-4-17(14-11-12-18(25-5-2)19(13-14)26-6-3)22-20(23)15-9-7-8-10-16(15)21(22)24/h7-13,17H,4-6H2,1-3H3. The minimum absolute atomic E-state index is 0.246. The van der Waals surface area contributed by atoms with Gasteiger partial charge in [0.15, 0.2) is 11.5 Å². The topological polar surface area (TPSA) is 55.8 Å². The third-order valence-corrected chi connectivity index (χ3v) is 4.48. The Balaban J connectivity index is 1.98. The highest BCUT2D eigenvalue weighted by Gasteiger charge is 2.39. The molecule has 1 aliphatic heterocycles. The molecular weight excluding hydrogens is 330 g/mol. The van der Waals surface area contributed by atoms with Crippen molar-refractivity contribution in [1.82, 2.24) is 4.90 Å². The van der Waals surface area contributed by atoms with Crippen LogP contribution in [0.2, 0.25) is 0 Å². The SMILES string of the molecule is CCOc1ccc(C(CC)N2C(=O)c3ccccc3C2=O)cc1OCC. The van der Waals surface area contributed by atoms with E-state index in [9.17, 15) is 9.59 Å². The molecule has 2 aromatic carbocycles. The first kappa shape index (κ1) is 18.0. The number of imide groups is 1. The summed E-state index contributed by atoms with van der Waals surface area (Å²) in [7, 11) is 0. The van der Waals surface area contributed by atoms with Crippen LogP contribution in [0.25, 0.3) is 0 Å². The van der Waals surface area contributed by atoms with Crippen LogP contribution in [0, 0.1) is 0 Å². The molecule has 3 rings (SSSR count). The van der Waals surface area contributed by atoms with E-state index in [0.29, 0.717) is 42.3 Å². The molecule has 0 radical (unpaired) electrons. The molecule has 0 saturated carbocycles. The van der Waals surface area contributed by atoms with Crippen molar-refractivity contribution in [3.8, 4) is 11.5 Å². The maximum Gasteiger partial charge on any atom is 0.262 e. The summed E-state index contributed by atoms with van der Waals surface area (Å²) in [5, 5.41) is 0. The third-order valence-electron chi connectivity index (χ3n) is 4.48. The highest BCUT2D eigenvalue weighted by molar-refractivity contribution is 6.21. The monoisotopic (exact) mass is 353 g/mol.